The number of carbonyl (C=O) groups is 1. The van der Waals surface area contributed by atoms with Crippen molar-refractivity contribution in [3.05, 3.63) is 17.0 Å². The van der Waals surface area contributed by atoms with E-state index in [1.54, 1.807) is 0 Å². The molecule has 0 aromatic carbocycles. The molecule has 0 N–H and O–H groups in total. The monoisotopic (exact) mass is 334 g/mol. The summed E-state index contributed by atoms with van der Waals surface area (Å²) in [5.41, 5.74) is 3.76. The zero-order chi connectivity index (χ0) is 17.5. The Morgan fingerprint density at radius 2 is 2.04 bits per heavy atom. The molecule has 3 heterocycles. The van der Waals surface area contributed by atoms with Crippen LogP contribution < -0.4 is 0 Å². The van der Waals surface area contributed by atoms with Crippen molar-refractivity contribution in [2.75, 3.05) is 32.8 Å². The summed E-state index contributed by atoms with van der Waals surface area (Å²) in [7, 11) is 2.00. The number of carbonyl (C=O) groups excluding carboxylic acids is 1. The van der Waals surface area contributed by atoms with Gasteiger partial charge in [0.05, 0.1) is 12.3 Å². The Morgan fingerprint density at radius 3 is 2.67 bits per heavy atom. The molecule has 2 fully saturated rings. The van der Waals surface area contributed by atoms with Crippen molar-refractivity contribution in [3.63, 3.8) is 0 Å². The number of aromatic nitrogens is 2. The van der Waals surface area contributed by atoms with Crippen molar-refractivity contribution in [2.45, 2.75) is 46.7 Å². The molecule has 6 heteroatoms. The molecule has 134 valence electrons. The molecule has 6 nitrogen and oxygen atoms in total. The Bertz CT molecular complexity index is 625. The highest BCUT2D eigenvalue weighted by molar-refractivity contribution is 5.78. The van der Waals surface area contributed by atoms with Crippen LogP contribution in [0.4, 0.5) is 0 Å². The lowest BCUT2D eigenvalue weighted by Gasteiger charge is -2.34. The molecule has 0 saturated carbocycles. The first-order valence-corrected chi connectivity index (χ1v) is 8.90. The summed E-state index contributed by atoms with van der Waals surface area (Å²) in [5, 5.41) is 4.53. The molecule has 0 aliphatic carbocycles. The molecule has 0 bridgehead atoms. The maximum Gasteiger partial charge on any atom is 0.248 e. The van der Waals surface area contributed by atoms with Crippen molar-refractivity contribution >= 4 is 5.91 Å². The minimum Gasteiger partial charge on any atom is -0.371 e. The number of nitrogens with zero attached hydrogens (tertiary/aromatic N) is 4. The topological polar surface area (TPSA) is 50.6 Å². The molecular weight excluding hydrogens is 304 g/mol. The minimum atomic E-state index is 0.0699. The fraction of sp³-hybridized carbons (Fsp3) is 0.778. The zero-order valence-electron chi connectivity index (χ0n) is 15.6. The van der Waals surface area contributed by atoms with E-state index in [0.717, 1.165) is 38.3 Å². The van der Waals surface area contributed by atoms with Crippen LogP contribution in [0.3, 0.4) is 0 Å². The van der Waals surface area contributed by atoms with Gasteiger partial charge >= 0.3 is 0 Å². The molecule has 2 aliphatic heterocycles. The van der Waals surface area contributed by atoms with Gasteiger partial charge in [0.15, 0.2) is 0 Å². The van der Waals surface area contributed by atoms with E-state index in [2.05, 4.69) is 37.7 Å². The Labute approximate surface area is 144 Å². The van der Waals surface area contributed by atoms with Crippen molar-refractivity contribution in [1.29, 1.82) is 0 Å². The van der Waals surface area contributed by atoms with Gasteiger partial charge in [0.2, 0.25) is 5.91 Å². The number of aryl methyl sites for hydroxylation is 2. The highest BCUT2D eigenvalue weighted by Gasteiger charge is 2.43. The second kappa shape index (κ2) is 6.48. The summed E-state index contributed by atoms with van der Waals surface area (Å²) in [6.45, 7) is 13.1. The molecule has 1 unspecified atom stereocenters. The standard InChI is InChI=1S/C18H30N4O2/c1-13(2)22-11-18(12-24-9-17(22)23)6-7-21(10-18)8-16-14(3)19-20(5)15(16)4/h13H,6-12H2,1-5H3. The first-order valence-electron chi connectivity index (χ1n) is 8.90. The molecule has 2 saturated heterocycles. The zero-order valence-corrected chi connectivity index (χ0v) is 15.6. The second-order valence-corrected chi connectivity index (χ2v) is 7.84. The van der Waals surface area contributed by atoms with Crippen molar-refractivity contribution < 1.29 is 9.53 Å². The van der Waals surface area contributed by atoms with Gasteiger partial charge in [0.1, 0.15) is 6.61 Å². The molecular formula is C18H30N4O2. The summed E-state index contributed by atoms with van der Waals surface area (Å²) < 4.78 is 7.70. The van der Waals surface area contributed by atoms with Gasteiger partial charge < -0.3 is 9.64 Å². The molecule has 1 spiro atoms. The summed E-state index contributed by atoms with van der Waals surface area (Å²) in [6.07, 6.45) is 1.09. The van der Waals surface area contributed by atoms with E-state index in [9.17, 15) is 4.79 Å². The third-order valence-electron chi connectivity index (χ3n) is 5.64. The molecule has 2 aliphatic rings. The lowest BCUT2D eigenvalue weighted by Crippen LogP contribution is -2.45. The van der Waals surface area contributed by atoms with Crippen LogP contribution in [0.5, 0.6) is 0 Å². The molecule has 3 rings (SSSR count). The predicted molar refractivity (Wildman–Crippen MR) is 92.7 cm³/mol. The van der Waals surface area contributed by atoms with Crippen LogP contribution in [0, 0.1) is 19.3 Å². The predicted octanol–water partition coefficient (Wildman–Crippen LogP) is 1.50. The lowest BCUT2D eigenvalue weighted by molar-refractivity contribution is -0.135. The van der Waals surface area contributed by atoms with Crippen LogP contribution in [0.15, 0.2) is 0 Å². The van der Waals surface area contributed by atoms with E-state index in [1.807, 2.05) is 16.6 Å². The third-order valence-corrected chi connectivity index (χ3v) is 5.64. The largest absolute Gasteiger partial charge is 0.371 e. The molecule has 0 radical (unpaired) electrons. The quantitative estimate of drug-likeness (QED) is 0.840. The van der Waals surface area contributed by atoms with E-state index in [4.69, 9.17) is 4.74 Å². The molecule has 1 aromatic heterocycles. The smallest absolute Gasteiger partial charge is 0.248 e. The number of ether oxygens (including phenoxy) is 1. The van der Waals surface area contributed by atoms with Crippen LogP contribution in [0.2, 0.25) is 0 Å². The van der Waals surface area contributed by atoms with E-state index >= 15 is 0 Å². The summed E-state index contributed by atoms with van der Waals surface area (Å²) >= 11 is 0. The van der Waals surface area contributed by atoms with E-state index in [-0.39, 0.29) is 24.0 Å². The molecule has 1 atom stereocenters. The average molecular weight is 334 g/mol. The Hall–Kier alpha value is -1.40. The first kappa shape index (κ1) is 17.4. The Morgan fingerprint density at radius 1 is 1.29 bits per heavy atom. The van der Waals surface area contributed by atoms with Crippen LogP contribution in [0.1, 0.15) is 37.2 Å². The van der Waals surface area contributed by atoms with E-state index in [0.29, 0.717) is 6.61 Å². The fourth-order valence-electron chi connectivity index (χ4n) is 4.08. The van der Waals surface area contributed by atoms with Crippen molar-refractivity contribution in [2.24, 2.45) is 12.5 Å². The van der Waals surface area contributed by atoms with Crippen LogP contribution in [-0.2, 0) is 23.1 Å². The molecule has 24 heavy (non-hydrogen) atoms. The maximum atomic E-state index is 12.2. The average Bonchev–Trinajstić information content (AvgIpc) is 2.95. The van der Waals surface area contributed by atoms with E-state index in [1.165, 1.54) is 11.3 Å². The number of amides is 1. The molecule has 1 amide bonds. The van der Waals surface area contributed by atoms with Crippen molar-refractivity contribution in [3.8, 4) is 0 Å². The minimum absolute atomic E-state index is 0.0699. The number of hydrogen-bond acceptors (Lipinski definition) is 4. The number of likely N-dealkylation sites (tertiary alicyclic amines) is 1. The molecule has 1 aromatic rings. The van der Waals surface area contributed by atoms with E-state index < -0.39 is 0 Å². The maximum absolute atomic E-state index is 12.2. The number of rotatable bonds is 3. The Kier molecular flexibility index (Phi) is 4.71. The number of hydrogen-bond donors (Lipinski definition) is 0. The van der Waals surface area contributed by atoms with Crippen LogP contribution >= 0.6 is 0 Å². The normalized spacial score (nSPS) is 25.9. The van der Waals surface area contributed by atoms with Crippen LogP contribution in [0.25, 0.3) is 0 Å². The van der Waals surface area contributed by atoms with Crippen LogP contribution in [-0.4, -0.2) is 64.4 Å². The first-order chi connectivity index (χ1) is 11.3. The van der Waals surface area contributed by atoms with Gasteiger partial charge in [0, 0.05) is 49.4 Å². The Balaban J connectivity index is 1.72. The van der Waals surface area contributed by atoms with Gasteiger partial charge in [-0.2, -0.15) is 5.10 Å². The lowest BCUT2D eigenvalue weighted by atomic mass is 9.87. The highest BCUT2D eigenvalue weighted by Crippen LogP contribution is 2.35. The van der Waals surface area contributed by atoms with Crippen molar-refractivity contribution in [1.82, 2.24) is 19.6 Å². The highest BCUT2D eigenvalue weighted by atomic mass is 16.5. The summed E-state index contributed by atoms with van der Waals surface area (Å²) in [5.74, 6) is 0.124. The second-order valence-electron chi connectivity index (χ2n) is 7.84. The fourth-order valence-corrected chi connectivity index (χ4v) is 4.08. The van der Waals surface area contributed by atoms with Gasteiger partial charge in [-0.25, -0.2) is 0 Å². The van der Waals surface area contributed by atoms with Gasteiger partial charge in [0.25, 0.3) is 0 Å². The van der Waals surface area contributed by atoms with Gasteiger partial charge in [-0.3, -0.25) is 14.4 Å². The van der Waals surface area contributed by atoms with Gasteiger partial charge in [-0.1, -0.05) is 0 Å². The SMILES string of the molecule is Cc1nn(C)c(C)c1CN1CCC2(COCC(=O)N(C(C)C)C2)C1. The summed E-state index contributed by atoms with van der Waals surface area (Å²) in [4.78, 5) is 16.7. The summed E-state index contributed by atoms with van der Waals surface area (Å²) in [6, 6.07) is 0.230. The van der Waals surface area contributed by atoms with Gasteiger partial charge in [-0.05, 0) is 40.7 Å². The third kappa shape index (κ3) is 3.22. The van der Waals surface area contributed by atoms with Gasteiger partial charge in [-0.15, -0.1) is 0 Å².